The number of imidazole rings is 1. The molecule has 0 aliphatic carbocycles. The molecule has 0 radical (unpaired) electrons. The molecule has 45 heavy (non-hydrogen) atoms. The van der Waals surface area contributed by atoms with Crippen molar-refractivity contribution in [1.29, 1.82) is 0 Å². The number of nitro groups is 1. The van der Waals surface area contributed by atoms with Gasteiger partial charge in [-0.15, -0.1) is 0 Å². The van der Waals surface area contributed by atoms with E-state index in [1.165, 1.54) is 12.1 Å². The number of nitrogens with zero attached hydrogens (tertiary/aromatic N) is 7. The topological polar surface area (TPSA) is 141 Å². The summed E-state index contributed by atoms with van der Waals surface area (Å²) in [4.78, 5) is 41.6. The molecule has 0 atom stereocenters. The first-order valence-corrected chi connectivity index (χ1v) is 14.4. The Morgan fingerprint density at radius 2 is 1.78 bits per heavy atom. The summed E-state index contributed by atoms with van der Waals surface area (Å²) in [5.41, 5.74) is 4.72. The van der Waals surface area contributed by atoms with Crippen LogP contribution in [0.2, 0.25) is 0 Å². The molecule has 1 amide bonds. The number of hydrogen-bond donors (Lipinski definition) is 1. The smallest absolute Gasteiger partial charge is 0.269 e. The summed E-state index contributed by atoms with van der Waals surface area (Å²) in [6.45, 7) is 3.96. The average Bonchev–Trinajstić information content (AvgIpc) is 3.69. The maximum absolute atomic E-state index is 13.0. The van der Waals surface area contributed by atoms with Crippen molar-refractivity contribution in [1.82, 2.24) is 24.4 Å². The number of rotatable bonds is 11. The number of carbonyl (C=O) groups is 1. The van der Waals surface area contributed by atoms with Gasteiger partial charge in [-0.05, 0) is 42.3 Å². The lowest BCUT2D eigenvalue weighted by Crippen LogP contribution is -2.35. The first-order chi connectivity index (χ1) is 21.7. The number of non-ortho nitro benzene ring substituents is 1. The summed E-state index contributed by atoms with van der Waals surface area (Å²) in [6.07, 6.45) is 1.69. The molecule has 3 heterocycles. The van der Waals surface area contributed by atoms with Crippen LogP contribution in [0.5, 0.6) is 11.5 Å². The van der Waals surface area contributed by atoms with Crippen molar-refractivity contribution in [2.45, 2.75) is 20.0 Å². The Labute approximate surface area is 259 Å². The third kappa shape index (κ3) is 6.47. The van der Waals surface area contributed by atoms with Crippen LogP contribution in [0.3, 0.4) is 0 Å². The van der Waals surface area contributed by atoms with Gasteiger partial charge in [-0.1, -0.05) is 35.9 Å². The molecule has 0 spiro atoms. The van der Waals surface area contributed by atoms with Crippen LogP contribution in [-0.4, -0.2) is 69.2 Å². The summed E-state index contributed by atoms with van der Waals surface area (Å²) in [5.74, 6) is 2.35. The quantitative estimate of drug-likeness (QED) is 0.167. The largest absolute Gasteiger partial charge is 0.454 e. The summed E-state index contributed by atoms with van der Waals surface area (Å²) in [6, 6.07) is 19.7. The lowest BCUT2D eigenvalue weighted by atomic mass is 10.1. The van der Waals surface area contributed by atoms with E-state index in [0.29, 0.717) is 66.2 Å². The van der Waals surface area contributed by atoms with Gasteiger partial charge in [0.05, 0.1) is 17.8 Å². The summed E-state index contributed by atoms with van der Waals surface area (Å²) >= 11 is 0. The van der Waals surface area contributed by atoms with Crippen molar-refractivity contribution < 1.29 is 19.2 Å². The van der Waals surface area contributed by atoms with Crippen molar-refractivity contribution in [2.24, 2.45) is 0 Å². The number of nitrogens with one attached hydrogen (secondary N) is 1. The van der Waals surface area contributed by atoms with E-state index >= 15 is 0 Å². The number of amides is 1. The van der Waals surface area contributed by atoms with Gasteiger partial charge in [-0.3, -0.25) is 14.9 Å². The van der Waals surface area contributed by atoms with Crippen LogP contribution >= 0.6 is 0 Å². The Morgan fingerprint density at radius 3 is 2.56 bits per heavy atom. The minimum absolute atomic E-state index is 0.0290. The molecule has 5 aromatic rings. The molecule has 3 aromatic carbocycles. The third-order valence-electron chi connectivity index (χ3n) is 7.57. The Hall–Kier alpha value is -5.72. The van der Waals surface area contributed by atoms with Gasteiger partial charge in [0.2, 0.25) is 12.7 Å². The SMILES string of the molecule is Cc1cccc(C(=O)N(C)CCN(C)c2nc(NCc3ccc4c(c3)OCO4)c3ncn(Cc4ccc([N+](=O)[O-])cc4)c3n2)c1. The summed E-state index contributed by atoms with van der Waals surface area (Å²) in [7, 11) is 3.66. The van der Waals surface area contributed by atoms with E-state index in [1.54, 1.807) is 30.4 Å². The highest BCUT2D eigenvalue weighted by Gasteiger charge is 2.19. The van der Waals surface area contributed by atoms with E-state index in [2.05, 4.69) is 10.3 Å². The number of anilines is 2. The van der Waals surface area contributed by atoms with E-state index in [-0.39, 0.29) is 18.4 Å². The molecule has 1 N–H and O–H groups in total. The van der Waals surface area contributed by atoms with Gasteiger partial charge in [-0.25, -0.2) is 4.98 Å². The van der Waals surface area contributed by atoms with Crippen LogP contribution < -0.4 is 19.7 Å². The van der Waals surface area contributed by atoms with Gasteiger partial charge in [0, 0.05) is 51.4 Å². The summed E-state index contributed by atoms with van der Waals surface area (Å²) < 4.78 is 12.8. The van der Waals surface area contributed by atoms with Crippen LogP contribution in [0.15, 0.2) is 73.1 Å². The number of hydrogen-bond acceptors (Lipinski definition) is 10. The van der Waals surface area contributed by atoms with Crippen LogP contribution in [0.4, 0.5) is 17.5 Å². The van der Waals surface area contributed by atoms with Gasteiger partial charge < -0.3 is 29.2 Å². The molecule has 13 heteroatoms. The minimum atomic E-state index is -0.421. The number of ether oxygens (including phenoxy) is 2. The first-order valence-electron chi connectivity index (χ1n) is 14.4. The molecule has 1 aliphatic rings. The average molecular weight is 609 g/mol. The molecule has 0 saturated heterocycles. The third-order valence-corrected chi connectivity index (χ3v) is 7.57. The van der Waals surface area contributed by atoms with Gasteiger partial charge in [0.25, 0.3) is 11.6 Å². The second-order valence-corrected chi connectivity index (χ2v) is 10.9. The highest BCUT2D eigenvalue weighted by Crippen LogP contribution is 2.33. The molecule has 230 valence electrons. The zero-order valence-electron chi connectivity index (χ0n) is 25.1. The predicted octanol–water partition coefficient (Wildman–Crippen LogP) is 4.64. The van der Waals surface area contributed by atoms with E-state index in [0.717, 1.165) is 16.7 Å². The van der Waals surface area contributed by atoms with Crippen LogP contribution in [-0.2, 0) is 13.1 Å². The van der Waals surface area contributed by atoms with Gasteiger partial charge >= 0.3 is 0 Å². The van der Waals surface area contributed by atoms with Crippen molar-refractivity contribution in [3.63, 3.8) is 0 Å². The van der Waals surface area contributed by atoms with Crippen molar-refractivity contribution in [3.05, 3.63) is 105 Å². The Bertz CT molecular complexity index is 1870. The monoisotopic (exact) mass is 608 g/mol. The summed E-state index contributed by atoms with van der Waals surface area (Å²) in [5, 5.41) is 14.5. The van der Waals surface area contributed by atoms with Crippen molar-refractivity contribution >= 4 is 34.5 Å². The Kier molecular flexibility index (Phi) is 8.14. The number of likely N-dealkylation sites (N-methyl/N-ethyl adjacent to an activating group) is 2. The molecule has 1 aliphatic heterocycles. The van der Waals surface area contributed by atoms with Gasteiger partial charge in [0.1, 0.15) is 0 Å². The highest BCUT2D eigenvalue weighted by atomic mass is 16.7. The zero-order chi connectivity index (χ0) is 31.5. The minimum Gasteiger partial charge on any atom is -0.454 e. The van der Waals surface area contributed by atoms with Gasteiger partial charge in [0.15, 0.2) is 28.5 Å². The number of carbonyl (C=O) groups excluding carboxylic acids is 1. The maximum Gasteiger partial charge on any atom is 0.269 e. The standard InChI is InChI=1S/C32H32N8O5/c1-21-5-4-6-24(15-21)31(41)37(2)13-14-38(3)32-35-29(33-17-23-9-12-26-27(16-23)45-20-44-26)28-30(36-32)39(19-34-28)18-22-7-10-25(11-8-22)40(42)43/h4-12,15-16,19H,13-14,17-18,20H2,1-3H3,(H,33,35,36). The fourth-order valence-corrected chi connectivity index (χ4v) is 5.00. The molecular formula is C32H32N8O5. The molecule has 0 unspecified atom stereocenters. The zero-order valence-corrected chi connectivity index (χ0v) is 25.1. The van der Waals surface area contributed by atoms with E-state index < -0.39 is 4.92 Å². The van der Waals surface area contributed by atoms with Crippen LogP contribution in [0, 0.1) is 17.0 Å². The van der Waals surface area contributed by atoms with Crippen LogP contribution in [0.1, 0.15) is 27.0 Å². The number of aryl methyl sites for hydroxylation is 1. The Balaban J connectivity index is 1.25. The molecule has 2 aromatic heterocycles. The normalized spacial score (nSPS) is 11.9. The van der Waals surface area contributed by atoms with E-state index in [4.69, 9.17) is 19.4 Å². The van der Waals surface area contributed by atoms with Gasteiger partial charge in [-0.2, -0.15) is 9.97 Å². The van der Waals surface area contributed by atoms with E-state index in [1.807, 2.05) is 65.9 Å². The molecule has 0 bridgehead atoms. The second-order valence-electron chi connectivity index (χ2n) is 10.9. The maximum atomic E-state index is 13.0. The fraction of sp³-hybridized carbons (Fsp3) is 0.250. The lowest BCUT2D eigenvalue weighted by molar-refractivity contribution is -0.384. The van der Waals surface area contributed by atoms with E-state index in [9.17, 15) is 14.9 Å². The fourth-order valence-electron chi connectivity index (χ4n) is 5.00. The molecule has 13 nitrogen and oxygen atoms in total. The lowest BCUT2D eigenvalue weighted by Gasteiger charge is -2.23. The Morgan fingerprint density at radius 1 is 1.00 bits per heavy atom. The van der Waals surface area contributed by atoms with Crippen molar-refractivity contribution in [2.75, 3.05) is 44.2 Å². The number of nitro benzene ring substituents is 1. The predicted molar refractivity (Wildman–Crippen MR) is 169 cm³/mol. The molecular weight excluding hydrogens is 576 g/mol. The number of fused-ring (bicyclic) bond motifs is 2. The number of benzene rings is 3. The molecule has 6 rings (SSSR count). The molecule has 0 saturated carbocycles. The molecule has 0 fully saturated rings. The number of aromatic nitrogens is 4. The van der Waals surface area contributed by atoms with Crippen LogP contribution in [0.25, 0.3) is 11.2 Å². The first kappa shape index (κ1) is 29.4. The highest BCUT2D eigenvalue weighted by molar-refractivity contribution is 5.94. The second kappa shape index (κ2) is 12.5. The van der Waals surface area contributed by atoms with Crippen molar-refractivity contribution in [3.8, 4) is 11.5 Å².